The standard InChI is InChI=1S/C22H24N2O/c1-15(25)13-23-12-11-21-19(14-23)18-7-4-6-17-10-9-16-5-2-3-8-20(16)24(21)22(17)18/h2-8,19,21H,9-14H2,1H3/t19-,21+/m0/s1. The van der Waals surface area contributed by atoms with Gasteiger partial charge in [-0.2, -0.15) is 0 Å². The Hall–Kier alpha value is -2.13. The minimum absolute atomic E-state index is 0.272. The predicted molar refractivity (Wildman–Crippen MR) is 101 cm³/mol. The lowest BCUT2D eigenvalue weighted by Crippen LogP contribution is -2.46. The number of aryl methyl sites for hydroxylation is 2. The normalized spacial score (nSPS) is 24.3. The molecule has 0 amide bonds. The van der Waals surface area contributed by atoms with E-state index < -0.39 is 0 Å². The Bertz CT molecular complexity index is 844. The zero-order chi connectivity index (χ0) is 17.0. The highest BCUT2D eigenvalue weighted by molar-refractivity contribution is 5.79. The van der Waals surface area contributed by atoms with Crippen LogP contribution < -0.4 is 4.90 Å². The van der Waals surface area contributed by atoms with E-state index in [1.54, 1.807) is 6.92 Å². The summed E-state index contributed by atoms with van der Waals surface area (Å²) in [5, 5.41) is 0. The van der Waals surface area contributed by atoms with Crippen molar-refractivity contribution in [1.29, 1.82) is 0 Å². The SMILES string of the molecule is CC(=O)CN1CC[C@@H]2[C@@H](C1)c1cccc3c1N2c1ccccc1CC3. The average Bonchev–Trinajstić information content (AvgIpc) is 2.83. The number of para-hydroxylation sites is 2. The molecule has 0 saturated carbocycles. The lowest BCUT2D eigenvalue weighted by atomic mass is 9.87. The Kier molecular flexibility index (Phi) is 3.46. The van der Waals surface area contributed by atoms with Crippen molar-refractivity contribution in [2.24, 2.45) is 0 Å². The number of Topliss-reactive ketones (excluding diaryl/α,β-unsaturated/α-hetero) is 1. The van der Waals surface area contributed by atoms with Crippen molar-refractivity contribution >= 4 is 17.2 Å². The van der Waals surface area contributed by atoms with Crippen LogP contribution in [0, 0.1) is 0 Å². The minimum atomic E-state index is 0.272. The molecule has 0 radical (unpaired) electrons. The van der Waals surface area contributed by atoms with Gasteiger partial charge in [-0.05, 0) is 48.9 Å². The molecule has 2 atom stereocenters. The molecule has 2 aromatic rings. The predicted octanol–water partition coefficient (Wildman–Crippen LogP) is 3.68. The van der Waals surface area contributed by atoms with Gasteiger partial charge in [-0.3, -0.25) is 9.69 Å². The number of ketones is 1. The average molecular weight is 332 g/mol. The molecule has 0 unspecified atom stereocenters. The van der Waals surface area contributed by atoms with Crippen LogP contribution in [0.5, 0.6) is 0 Å². The van der Waals surface area contributed by atoms with Crippen LogP contribution in [0.15, 0.2) is 42.5 Å². The van der Waals surface area contributed by atoms with E-state index in [9.17, 15) is 4.79 Å². The number of carbonyl (C=O) groups excluding carboxylic acids is 1. The van der Waals surface area contributed by atoms with Gasteiger partial charge in [0.1, 0.15) is 5.78 Å². The Morgan fingerprint density at radius 1 is 1.08 bits per heavy atom. The minimum Gasteiger partial charge on any atom is -0.337 e. The van der Waals surface area contributed by atoms with Gasteiger partial charge in [0.2, 0.25) is 0 Å². The fourth-order valence-corrected chi connectivity index (χ4v) is 5.18. The third kappa shape index (κ3) is 2.33. The number of benzene rings is 2. The largest absolute Gasteiger partial charge is 0.337 e. The monoisotopic (exact) mass is 332 g/mol. The van der Waals surface area contributed by atoms with Crippen molar-refractivity contribution in [3.05, 3.63) is 59.2 Å². The van der Waals surface area contributed by atoms with Gasteiger partial charge < -0.3 is 4.90 Å². The van der Waals surface area contributed by atoms with Crippen LogP contribution in [-0.2, 0) is 17.6 Å². The van der Waals surface area contributed by atoms with E-state index >= 15 is 0 Å². The number of carbonyl (C=O) groups is 1. The molecule has 3 heteroatoms. The molecule has 3 nitrogen and oxygen atoms in total. The summed E-state index contributed by atoms with van der Waals surface area (Å²) in [5.74, 6) is 0.781. The van der Waals surface area contributed by atoms with Crippen molar-refractivity contribution in [2.45, 2.75) is 38.1 Å². The van der Waals surface area contributed by atoms with E-state index in [4.69, 9.17) is 0 Å². The summed E-state index contributed by atoms with van der Waals surface area (Å²) < 4.78 is 0. The van der Waals surface area contributed by atoms with Crippen LogP contribution in [0.2, 0.25) is 0 Å². The van der Waals surface area contributed by atoms with E-state index in [0.717, 1.165) is 32.4 Å². The summed E-state index contributed by atoms with van der Waals surface area (Å²) in [5.41, 5.74) is 7.32. The van der Waals surface area contributed by atoms with Gasteiger partial charge in [0.05, 0.1) is 6.54 Å². The van der Waals surface area contributed by atoms with Gasteiger partial charge in [-0.15, -0.1) is 0 Å². The third-order valence-electron chi connectivity index (χ3n) is 6.14. The van der Waals surface area contributed by atoms with Crippen molar-refractivity contribution in [3.63, 3.8) is 0 Å². The molecule has 0 aliphatic carbocycles. The van der Waals surface area contributed by atoms with Gasteiger partial charge in [0, 0.05) is 36.4 Å². The summed E-state index contributed by atoms with van der Waals surface area (Å²) in [7, 11) is 0. The maximum Gasteiger partial charge on any atom is 0.143 e. The Morgan fingerprint density at radius 3 is 2.76 bits per heavy atom. The quantitative estimate of drug-likeness (QED) is 0.838. The van der Waals surface area contributed by atoms with Crippen LogP contribution in [-0.4, -0.2) is 36.4 Å². The second kappa shape index (κ2) is 5.70. The first-order valence-corrected chi connectivity index (χ1v) is 9.43. The first-order valence-electron chi connectivity index (χ1n) is 9.43. The molecule has 3 aliphatic rings. The summed E-state index contributed by atoms with van der Waals surface area (Å²) in [6.45, 7) is 4.31. The van der Waals surface area contributed by atoms with Crippen molar-refractivity contribution in [2.75, 3.05) is 24.5 Å². The van der Waals surface area contributed by atoms with E-state index in [-0.39, 0.29) is 5.78 Å². The molecule has 2 aromatic carbocycles. The molecular formula is C22H24N2O. The number of rotatable bonds is 2. The Labute approximate surface area is 149 Å². The number of piperidine rings is 1. The summed E-state index contributed by atoms with van der Waals surface area (Å²) in [6.07, 6.45) is 3.37. The highest BCUT2D eigenvalue weighted by Crippen LogP contribution is 2.52. The van der Waals surface area contributed by atoms with Crippen molar-refractivity contribution in [3.8, 4) is 0 Å². The zero-order valence-corrected chi connectivity index (χ0v) is 14.7. The molecule has 1 fully saturated rings. The summed E-state index contributed by atoms with van der Waals surface area (Å²) in [6, 6.07) is 16.3. The molecule has 3 heterocycles. The highest BCUT2D eigenvalue weighted by Gasteiger charge is 2.44. The van der Waals surface area contributed by atoms with Crippen LogP contribution in [0.1, 0.15) is 36.0 Å². The molecule has 128 valence electrons. The van der Waals surface area contributed by atoms with Crippen molar-refractivity contribution < 1.29 is 4.79 Å². The molecule has 5 rings (SSSR count). The lowest BCUT2D eigenvalue weighted by Gasteiger charge is -2.39. The second-order valence-corrected chi connectivity index (χ2v) is 7.75. The van der Waals surface area contributed by atoms with Crippen LogP contribution in [0.4, 0.5) is 11.4 Å². The number of nitrogens with zero attached hydrogens (tertiary/aromatic N) is 2. The first-order chi connectivity index (χ1) is 12.2. The van der Waals surface area contributed by atoms with E-state index in [0.29, 0.717) is 18.5 Å². The molecule has 0 aromatic heterocycles. The molecule has 3 aliphatic heterocycles. The molecular weight excluding hydrogens is 308 g/mol. The number of anilines is 2. The van der Waals surface area contributed by atoms with Gasteiger partial charge in [0.25, 0.3) is 0 Å². The van der Waals surface area contributed by atoms with Crippen LogP contribution >= 0.6 is 0 Å². The lowest BCUT2D eigenvalue weighted by molar-refractivity contribution is -0.118. The van der Waals surface area contributed by atoms with Gasteiger partial charge in [-0.25, -0.2) is 0 Å². The van der Waals surface area contributed by atoms with Crippen LogP contribution in [0.3, 0.4) is 0 Å². The van der Waals surface area contributed by atoms with E-state index in [2.05, 4.69) is 52.3 Å². The Morgan fingerprint density at radius 2 is 1.88 bits per heavy atom. The maximum absolute atomic E-state index is 11.6. The van der Waals surface area contributed by atoms with Gasteiger partial charge in [0.15, 0.2) is 0 Å². The van der Waals surface area contributed by atoms with Crippen molar-refractivity contribution in [1.82, 2.24) is 4.90 Å². The van der Waals surface area contributed by atoms with Gasteiger partial charge >= 0.3 is 0 Å². The third-order valence-corrected chi connectivity index (χ3v) is 6.14. The maximum atomic E-state index is 11.6. The van der Waals surface area contributed by atoms with Gasteiger partial charge in [-0.1, -0.05) is 36.4 Å². The summed E-state index contributed by atoms with van der Waals surface area (Å²) in [4.78, 5) is 16.6. The number of hydrogen-bond donors (Lipinski definition) is 0. The number of hydrogen-bond acceptors (Lipinski definition) is 3. The fraction of sp³-hybridized carbons (Fsp3) is 0.409. The topological polar surface area (TPSA) is 23.6 Å². The van der Waals surface area contributed by atoms with Crippen LogP contribution in [0.25, 0.3) is 0 Å². The smallest absolute Gasteiger partial charge is 0.143 e. The second-order valence-electron chi connectivity index (χ2n) is 7.75. The molecule has 0 spiro atoms. The van der Waals surface area contributed by atoms with E-state index in [1.165, 1.54) is 28.1 Å². The number of likely N-dealkylation sites (tertiary alicyclic amines) is 1. The fourth-order valence-electron chi connectivity index (χ4n) is 5.18. The highest BCUT2D eigenvalue weighted by atomic mass is 16.1. The molecule has 25 heavy (non-hydrogen) atoms. The zero-order valence-electron chi connectivity index (χ0n) is 14.7. The Balaban J connectivity index is 1.61. The molecule has 0 bridgehead atoms. The molecule has 0 N–H and O–H groups in total. The number of fused-ring (bicyclic) bond motifs is 5. The van der Waals surface area contributed by atoms with E-state index in [1.807, 2.05) is 0 Å². The summed E-state index contributed by atoms with van der Waals surface area (Å²) >= 11 is 0. The first kappa shape index (κ1) is 15.2. The molecule has 1 saturated heterocycles.